The number of unbranched alkanes of at least 4 members (excludes halogenated alkanes) is 1. The van der Waals surface area contributed by atoms with Crippen molar-refractivity contribution in [2.75, 3.05) is 20.3 Å². The van der Waals surface area contributed by atoms with Crippen LogP contribution in [0.5, 0.6) is 11.5 Å². The molecular formula is C20H31NO4. The number of methoxy groups -OCH3 is 1. The lowest BCUT2D eigenvalue weighted by molar-refractivity contribution is -0.121. The molecule has 1 fully saturated rings. The summed E-state index contributed by atoms with van der Waals surface area (Å²) < 4.78 is 10.8. The number of ether oxygens (including phenoxy) is 2. The zero-order valence-electron chi connectivity index (χ0n) is 15.4. The highest BCUT2D eigenvalue weighted by atomic mass is 16.5. The molecule has 5 heteroatoms. The molecule has 25 heavy (non-hydrogen) atoms. The van der Waals surface area contributed by atoms with Crippen LogP contribution in [-0.2, 0) is 16.0 Å². The molecule has 2 rings (SSSR count). The summed E-state index contributed by atoms with van der Waals surface area (Å²) in [5.41, 5.74) is 0.838. The summed E-state index contributed by atoms with van der Waals surface area (Å²) in [5.74, 6) is 1.14. The topological polar surface area (TPSA) is 67.8 Å². The van der Waals surface area contributed by atoms with E-state index in [4.69, 9.17) is 9.47 Å². The van der Waals surface area contributed by atoms with Crippen molar-refractivity contribution in [3.05, 3.63) is 23.8 Å². The second-order valence-electron chi connectivity index (χ2n) is 6.90. The maximum Gasteiger partial charge on any atom is 0.224 e. The third-order valence-electron chi connectivity index (χ3n) is 4.82. The third kappa shape index (κ3) is 6.58. The van der Waals surface area contributed by atoms with Crippen LogP contribution in [0.2, 0.25) is 0 Å². The fourth-order valence-electron chi connectivity index (χ4n) is 3.27. The largest absolute Gasteiger partial charge is 0.504 e. The highest BCUT2D eigenvalue weighted by Crippen LogP contribution is 2.27. The Labute approximate surface area is 150 Å². The Morgan fingerprint density at radius 2 is 2.04 bits per heavy atom. The molecule has 0 heterocycles. The molecule has 0 saturated heterocycles. The van der Waals surface area contributed by atoms with E-state index in [1.165, 1.54) is 13.5 Å². The first kappa shape index (κ1) is 19.6. The first-order valence-electron chi connectivity index (χ1n) is 9.35. The van der Waals surface area contributed by atoms with E-state index >= 15 is 0 Å². The van der Waals surface area contributed by atoms with Gasteiger partial charge in [0.15, 0.2) is 11.5 Å². The predicted molar refractivity (Wildman–Crippen MR) is 98.0 cm³/mol. The van der Waals surface area contributed by atoms with Gasteiger partial charge in [-0.2, -0.15) is 0 Å². The van der Waals surface area contributed by atoms with Gasteiger partial charge in [0.05, 0.1) is 13.5 Å². The summed E-state index contributed by atoms with van der Waals surface area (Å²) in [5, 5.41) is 12.7. The molecule has 0 unspecified atom stereocenters. The number of carbonyl (C=O) groups is 1. The van der Waals surface area contributed by atoms with Gasteiger partial charge in [0, 0.05) is 19.3 Å². The third-order valence-corrected chi connectivity index (χ3v) is 4.82. The molecule has 0 bridgehead atoms. The maximum absolute atomic E-state index is 12.3. The Morgan fingerprint density at radius 3 is 2.72 bits per heavy atom. The number of amides is 1. The van der Waals surface area contributed by atoms with Crippen LogP contribution in [0.3, 0.4) is 0 Å². The second-order valence-corrected chi connectivity index (χ2v) is 6.90. The van der Waals surface area contributed by atoms with E-state index in [-0.39, 0.29) is 17.7 Å². The number of phenols is 1. The van der Waals surface area contributed by atoms with Gasteiger partial charge in [-0.1, -0.05) is 19.4 Å². The average Bonchev–Trinajstić information content (AvgIpc) is 2.61. The normalized spacial score (nSPS) is 20.2. The fraction of sp³-hybridized carbons (Fsp3) is 0.650. The van der Waals surface area contributed by atoms with Crippen LogP contribution < -0.4 is 10.1 Å². The molecule has 1 aromatic carbocycles. The molecular weight excluding hydrogens is 318 g/mol. The van der Waals surface area contributed by atoms with Crippen molar-refractivity contribution in [1.82, 2.24) is 5.32 Å². The van der Waals surface area contributed by atoms with Gasteiger partial charge in [-0.05, 0) is 55.7 Å². The fourth-order valence-corrected chi connectivity index (χ4v) is 3.27. The van der Waals surface area contributed by atoms with Crippen molar-refractivity contribution in [1.29, 1.82) is 0 Å². The number of benzene rings is 1. The van der Waals surface area contributed by atoms with Crippen molar-refractivity contribution >= 4 is 5.91 Å². The van der Waals surface area contributed by atoms with E-state index in [0.717, 1.165) is 50.9 Å². The number of carbonyl (C=O) groups excluding carboxylic acids is 1. The number of rotatable bonds is 9. The molecule has 0 atom stereocenters. The summed E-state index contributed by atoms with van der Waals surface area (Å²) in [6, 6.07) is 5.28. The first-order chi connectivity index (χ1) is 12.1. The summed E-state index contributed by atoms with van der Waals surface area (Å²) in [7, 11) is 1.50. The Morgan fingerprint density at radius 1 is 1.28 bits per heavy atom. The monoisotopic (exact) mass is 349 g/mol. The highest BCUT2D eigenvalue weighted by molar-refractivity contribution is 5.79. The van der Waals surface area contributed by atoms with Crippen molar-refractivity contribution in [2.45, 2.75) is 57.9 Å². The van der Waals surface area contributed by atoms with Crippen LogP contribution in [0.4, 0.5) is 0 Å². The lowest BCUT2D eigenvalue weighted by atomic mass is 9.86. The zero-order chi connectivity index (χ0) is 18.1. The summed E-state index contributed by atoms with van der Waals surface area (Å²) >= 11 is 0. The SMILES string of the molecule is CCCCOCC1CCC(NC(=O)Cc2ccc(O)c(OC)c2)CC1. The molecule has 140 valence electrons. The van der Waals surface area contributed by atoms with E-state index in [9.17, 15) is 9.90 Å². The molecule has 2 N–H and O–H groups in total. The van der Waals surface area contributed by atoms with Gasteiger partial charge in [-0.3, -0.25) is 4.79 Å². The molecule has 1 aromatic rings. The van der Waals surface area contributed by atoms with Crippen LogP contribution in [0.15, 0.2) is 18.2 Å². The van der Waals surface area contributed by atoms with Gasteiger partial charge in [0.2, 0.25) is 5.91 Å². The minimum absolute atomic E-state index is 0.0235. The summed E-state index contributed by atoms with van der Waals surface area (Å²) in [4.78, 5) is 12.3. The van der Waals surface area contributed by atoms with Crippen molar-refractivity contribution in [3.63, 3.8) is 0 Å². The minimum atomic E-state index is 0.0235. The molecule has 5 nitrogen and oxygen atoms in total. The van der Waals surface area contributed by atoms with Gasteiger partial charge < -0.3 is 19.9 Å². The number of nitrogens with one attached hydrogen (secondary N) is 1. The van der Waals surface area contributed by atoms with Crippen LogP contribution in [0, 0.1) is 5.92 Å². The van der Waals surface area contributed by atoms with Gasteiger partial charge >= 0.3 is 0 Å². The summed E-state index contributed by atoms with van der Waals surface area (Å²) in [6.07, 6.45) is 6.88. The van der Waals surface area contributed by atoms with Crippen molar-refractivity contribution in [3.8, 4) is 11.5 Å². The number of aromatic hydroxyl groups is 1. The highest BCUT2D eigenvalue weighted by Gasteiger charge is 2.22. The van der Waals surface area contributed by atoms with E-state index in [1.807, 2.05) is 0 Å². The van der Waals surface area contributed by atoms with Gasteiger partial charge in [-0.25, -0.2) is 0 Å². The average molecular weight is 349 g/mol. The summed E-state index contributed by atoms with van der Waals surface area (Å²) in [6.45, 7) is 3.89. The first-order valence-corrected chi connectivity index (χ1v) is 9.35. The van der Waals surface area contributed by atoms with Crippen molar-refractivity contribution < 1.29 is 19.4 Å². The van der Waals surface area contributed by atoms with Crippen LogP contribution in [0.1, 0.15) is 51.0 Å². The molecule has 0 aliphatic heterocycles. The lowest BCUT2D eigenvalue weighted by Crippen LogP contribution is -2.39. The van der Waals surface area contributed by atoms with Crippen LogP contribution in [-0.4, -0.2) is 37.4 Å². The van der Waals surface area contributed by atoms with Gasteiger partial charge in [-0.15, -0.1) is 0 Å². The minimum Gasteiger partial charge on any atom is -0.504 e. The van der Waals surface area contributed by atoms with E-state index in [2.05, 4.69) is 12.2 Å². The molecule has 1 saturated carbocycles. The Bertz CT molecular complexity index is 538. The molecule has 0 radical (unpaired) electrons. The Hall–Kier alpha value is -1.75. The van der Waals surface area contributed by atoms with E-state index in [1.54, 1.807) is 18.2 Å². The lowest BCUT2D eigenvalue weighted by Gasteiger charge is -2.29. The molecule has 1 amide bonds. The van der Waals surface area contributed by atoms with Crippen LogP contribution >= 0.6 is 0 Å². The van der Waals surface area contributed by atoms with E-state index < -0.39 is 0 Å². The van der Waals surface area contributed by atoms with Crippen molar-refractivity contribution in [2.24, 2.45) is 5.92 Å². The quantitative estimate of drug-likeness (QED) is 0.670. The van der Waals surface area contributed by atoms with Gasteiger partial charge in [0.25, 0.3) is 0 Å². The predicted octanol–water partition coefficient (Wildman–Crippen LogP) is 3.44. The molecule has 1 aliphatic rings. The molecule has 0 aromatic heterocycles. The standard InChI is InChI=1S/C20H31NO4/c1-3-4-11-25-14-15-5-8-17(9-6-15)21-20(23)13-16-7-10-18(22)19(12-16)24-2/h7,10,12,15,17,22H,3-6,8-9,11,13-14H2,1-2H3,(H,21,23). The maximum atomic E-state index is 12.3. The second kappa shape index (κ2) is 10.3. The Kier molecular flexibility index (Phi) is 8.06. The van der Waals surface area contributed by atoms with Crippen LogP contribution in [0.25, 0.3) is 0 Å². The van der Waals surface area contributed by atoms with Gasteiger partial charge in [0.1, 0.15) is 0 Å². The van der Waals surface area contributed by atoms with E-state index in [0.29, 0.717) is 18.1 Å². The zero-order valence-corrected chi connectivity index (χ0v) is 15.4. The Balaban J connectivity index is 1.70. The number of phenolic OH excluding ortho intramolecular Hbond substituents is 1. The molecule has 0 spiro atoms. The molecule has 1 aliphatic carbocycles. The number of hydrogen-bond donors (Lipinski definition) is 2. The smallest absolute Gasteiger partial charge is 0.224 e. The number of hydrogen-bond acceptors (Lipinski definition) is 4.